The number of carbonyl (C=O) groups excluding carboxylic acids is 5. The summed E-state index contributed by atoms with van der Waals surface area (Å²) in [6, 6.07) is 21.0. The normalized spacial score (nSPS) is 21.0. The predicted molar refractivity (Wildman–Crippen MR) is 189 cm³/mol. The van der Waals surface area contributed by atoms with Crippen LogP contribution in [-0.4, -0.2) is 67.2 Å². The van der Waals surface area contributed by atoms with Crippen molar-refractivity contribution in [2.24, 2.45) is 5.73 Å². The highest BCUT2D eigenvalue weighted by Crippen LogP contribution is 2.55. The number of ether oxygens (including phenoxy) is 4. The summed E-state index contributed by atoms with van der Waals surface area (Å²) in [6.07, 6.45) is -2.06. The van der Waals surface area contributed by atoms with Crippen LogP contribution in [0.1, 0.15) is 36.6 Å². The van der Waals surface area contributed by atoms with E-state index in [0.717, 1.165) is 11.1 Å². The summed E-state index contributed by atoms with van der Waals surface area (Å²) in [7, 11) is 0. The summed E-state index contributed by atoms with van der Waals surface area (Å²) in [6.45, 7) is 2.73. The van der Waals surface area contributed by atoms with Crippen LogP contribution in [0, 0.1) is 0 Å². The molecule has 3 aromatic rings. The van der Waals surface area contributed by atoms with Gasteiger partial charge in [0, 0.05) is 0 Å². The van der Waals surface area contributed by atoms with Crippen molar-refractivity contribution < 1.29 is 42.9 Å². The Bertz CT molecular complexity index is 1760. The minimum Gasteiger partial charge on any atom is -0.458 e. The Labute approximate surface area is 312 Å². The molecule has 0 radical (unpaired) electrons. The van der Waals surface area contributed by atoms with E-state index in [-0.39, 0.29) is 24.5 Å². The highest BCUT2D eigenvalue weighted by atomic mass is 35.6. The number of alkyl carbamates (subject to hydrolysis) is 1. The minimum absolute atomic E-state index is 0.00580. The van der Waals surface area contributed by atoms with Gasteiger partial charge in [-0.25, -0.2) is 14.4 Å². The number of fused-ring (bicyclic) bond motifs is 1. The number of esters is 1. The summed E-state index contributed by atoms with van der Waals surface area (Å²) >= 11 is 18.3. The first-order chi connectivity index (χ1) is 24.1. The van der Waals surface area contributed by atoms with Crippen LogP contribution < -0.4 is 21.1 Å². The lowest BCUT2D eigenvalue weighted by molar-refractivity contribution is -0.176. The molecule has 4 N–H and O–H groups in total. The van der Waals surface area contributed by atoms with E-state index >= 15 is 0 Å². The summed E-state index contributed by atoms with van der Waals surface area (Å²) in [5.41, 5.74) is 6.51. The zero-order valence-electron chi connectivity index (χ0n) is 27.2. The zero-order valence-corrected chi connectivity index (χ0v) is 30.3. The first-order valence-corrected chi connectivity index (χ1v) is 17.4. The van der Waals surface area contributed by atoms with Gasteiger partial charge in [-0.2, -0.15) is 0 Å². The van der Waals surface area contributed by atoms with E-state index in [9.17, 15) is 24.0 Å². The molecule has 5 rings (SSSR count). The van der Waals surface area contributed by atoms with Crippen LogP contribution in [0.5, 0.6) is 5.75 Å². The fourth-order valence-corrected chi connectivity index (χ4v) is 7.19. The molecule has 17 heteroatoms. The van der Waals surface area contributed by atoms with Crippen molar-refractivity contribution in [3.63, 3.8) is 0 Å². The number of halogens is 3. The quantitative estimate of drug-likeness (QED) is 0.0775. The number of nitrogens with one attached hydrogen (secondary N) is 2. The number of thioether (sulfide) groups is 1. The van der Waals surface area contributed by atoms with E-state index in [4.69, 9.17) is 59.5 Å². The predicted octanol–water partition coefficient (Wildman–Crippen LogP) is 5.12. The molecular weight excluding hydrogens is 747 g/mol. The van der Waals surface area contributed by atoms with Crippen molar-refractivity contribution in [1.82, 2.24) is 15.5 Å². The molecule has 2 aliphatic heterocycles. The molecule has 1 unspecified atom stereocenters. The van der Waals surface area contributed by atoms with Crippen LogP contribution >= 0.6 is 46.6 Å². The molecule has 2 heterocycles. The van der Waals surface area contributed by atoms with Gasteiger partial charge >= 0.3 is 18.2 Å². The number of amides is 3. The molecule has 2 aliphatic rings. The topological polar surface area (TPSA) is 176 Å². The first-order valence-electron chi connectivity index (χ1n) is 15.4. The summed E-state index contributed by atoms with van der Waals surface area (Å²) in [5, 5.41) is 4.32. The highest BCUT2D eigenvalue weighted by molar-refractivity contribution is 8.01. The van der Waals surface area contributed by atoms with Gasteiger partial charge in [0.1, 0.15) is 43.0 Å². The summed E-state index contributed by atoms with van der Waals surface area (Å²) < 4.78 is 17.9. The molecule has 0 aliphatic carbocycles. The van der Waals surface area contributed by atoms with Gasteiger partial charge in [0.25, 0.3) is 5.91 Å². The zero-order chi connectivity index (χ0) is 37.0. The van der Waals surface area contributed by atoms with Crippen molar-refractivity contribution >= 4 is 76.6 Å². The molecule has 0 aromatic heterocycles. The molecule has 51 heavy (non-hydrogen) atoms. The van der Waals surface area contributed by atoms with Crippen LogP contribution in [0.2, 0.25) is 0 Å². The third kappa shape index (κ3) is 8.82. The molecule has 3 amide bonds. The molecule has 0 spiro atoms. The second-order valence-electron chi connectivity index (χ2n) is 12.0. The van der Waals surface area contributed by atoms with Gasteiger partial charge in [-0.1, -0.05) is 108 Å². The van der Waals surface area contributed by atoms with Crippen molar-refractivity contribution in [3.8, 4) is 5.75 Å². The highest BCUT2D eigenvalue weighted by Gasteiger charge is 2.72. The smallest absolute Gasteiger partial charge is 0.458 e. The maximum absolute atomic E-state index is 13.7. The number of benzene rings is 3. The molecule has 2 saturated heterocycles. The molecule has 0 saturated carbocycles. The number of hydrogen-bond acceptors (Lipinski definition) is 11. The number of β-lactam (4-membered cyclic amide) rings is 1. The molecular formula is C34H33Cl3N4O9S. The molecule has 270 valence electrons. The largest absolute Gasteiger partial charge is 0.514 e. The van der Waals surface area contributed by atoms with Crippen LogP contribution in [0.25, 0.3) is 0 Å². The van der Waals surface area contributed by atoms with Gasteiger partial charge in [-0.3, -0.25) is 20.2 Å². The molecule has 13 nitrogen and oxygen atoms in total. The number of rotatable bonds is 11. The fraction of sp³-hybridized carbons (Fsp3) is 0.324. The Hall–Kier alpha value is -4.21. The Morgan fingerprint density at radius 2 is 1.45 bits per heavy atom. The van der Waals surface area contributed by atoms with E-state index in [1.807, 2.05) is 12.1 Å². The molecule has 2 fully saturated rings. The van der Waals surface area contributed by atoms with Gasteiger partial charge in [0.15, 0.2) is 0 Å². The maximum Gasteiger partial charge on any atom is 0.514 e. The van der Waals surface area contributed by atoms with Crippen LogP contribution in [0.15, 0.2) is 84.9 Å². The molecule has 0 bridgehead atoms. The second kappa shape index (κ2) is 15.6. The monoisotopic (exact) mass is 778 g/mol. The first kappa shape index (κ1) is 38.0. The van der Waals surface area contributed by atoms with E-state index in [0.29, 0.717) is 0 Å². The lowest BCUT2D eigenvalue weighted by Gasteiger charge is -2.48. The lowest BCUT2D eigenvalue weighted by atomic mass is 9.89. The number of carbonyl (C=O) groups is 5. The van der Waals surface area contributed by atoms with Crippen molar-refractivity contribution in [1.29, 1.82) is 0 Å². The third-order valence-corrected chi connectivity index (χ3v) is 10.0. The van der Waals surface area contributed by atoms with Gasteiger partial charge in [0.05, 0.1) is 4.75 Å². The van der Waals surface area contributed by atoms with E-state index < -0.39 is 68.3 Å². The van der Waals surface area contributed by atoms with Crippen LogP contribution in [0.3, 0.4) is 0 Å². The van der Waals surface area contributed by atoms with Gasteiger partial charge in [-0.15, -0.1) is 11.8 Å². The fourth-order valence-electron chi connectivity index (χ4n) is 5.37. The Kier molecular flexibility index (Phi) is 11.6. The maximum atomic E-state index is 13.7. The third-order valence-electron chi connectivity index (χ3n) is 8.08. The van der Waals surface area contributed by atoms with Gasteiger partial charge < -0.3 is 29.6 Å². The van der Waals surface area contributed by atoms with Crippen molar-refractivity contribution in [2.45, 2.75) is 58.7 Å². The van der Waals surface area contributed by atoms with Gasteiger partial charge in [0.2, 0.25) is 15.4 Å². The Balaban J connectivity index is 1.27. The summed E-state index contributed by atoms with van der Waals surface area (Å²) in [5.74, 6) is -2.15. The Morgan fingerprint density at radius 3 is 2.02 bits per heavy atom. The van der Waals surface area contributed by atoms with Gasteiger partial charge in [-0.05, 0) is 42.7 Å². The van der Waals surface area contributed by atoms with Crippen LogP contribution in [0.4, 0.5) is 9.59 Å². The molecule has 3 aromatic carbocycles. The average Bonchev–Trinajstić information content (AvgIpc) is 3.30. The van der Waals surface area contributed by atoms with Crippen molar-refractivity contribution in [3.05, 3.63) is 102 Å². The van der Waals surface area contributed by atoms with E-state index in [2.05, 4.69) is 10.6 Å². The summed E-state index contributed by atoms with van der Waals surface area (Å²) in [4.78, 5) is 66.8. The SMILES string of the molecule is CC1(C)S[C@@H]2[C@@H](NC(=O)C(NC(=O)OCC(Cl)(Cl)Cl)c3ccc(OC(=O)OCc4ccccc4)cc3)C(=O)N2[C@@]1(N)C(=O)OCc1ccccc1. The number of nitrogens with two attached hydrogens (primary N) is 1. The average molecular weight is 780 g/mol. The molecule has 4 atom stereocenters. The van der Waals surface area contributed by atoms with Crippen LogP contribution in [-0.2, 0) is 41.8 Å². The standard InChI is InChI=1S/C34H33Cl3N4O9S/c1-32(2)34(38,29(44)47-17-20-9-5-3-6-10-20)41-27(43)25(28(41)51-32)39-26(42)24(40-30(45)49-19-33(35,36)37)22-13-15-23(16-14-22)50-31(46)48-18-21-11-7-4-8-12-21/h3-16,24-25,28H,17-19,38H2,1-2H3,(H,39,42)(H,40,45)/t24?,25-,28+,34-/m0/s1. The van der Waals surface area contributed by atoms with E-state index in [1.165, 1.54) is 40.9 Å². The number of hydrogen-bond donors (Lipinski definition) is 3. The lowest BCUT2D eigenvalue weighted by Crippen LogP contribution is -2.79. The van der Waals surface area contributed by atoms with Crippen molar-refractivity contribution in [2.75, 3.05) is 6.61 Å². The second-order valence-corrected chi connectivity index (χ2v) is 16.3. The van der Waals surface area contributed by atoms with E-state index in [1.54, 1.807) is 62.4 Å². The Morgan fingerprint density at radius 1 is 0.882 bits per heavy atom. The number of nitrogens with zero attached hydrogens (tertiary/aromatic N) is 1. The minimum atomic E-state index is -1.92. The number of alkyl halides is 3.